The smallest absolute Gasteiger partial charge is 0.289 e. The highest BCUT2D eigenvalue weighted by atomic mass is 16.3. The van der Waals surface area contributed by atoms with E-state index in [-0.39, 0.29) is 23.4 Å². The number of piperazine rings is 1. The van der Waals surface area contributed by atoms with Gasteiger partial charge in [-0.15, -0.1) is 0 Å². The Labute approximate surface area is 169 Å². The minimum absolute atomic E-state index is 0.180. The van der Waals surface area contributed by atoms with E-state index >= 15 is 0 Å². The first-order valence-electron chi connectivity index (χ1n) is 9.82. The van der Waals surface area contributed by atoms with Gasteiger partial charge >= 0.3 is 0 Å². The van der Waals surface area contributed by atoms with Crippen LogP contribution in [-0.4, -0.2) is 65.2 Å². The van der Waals surface area contributed by atoms with Crippen LogP contribution in [0.25, 0.3) is 0 Å². The summed E-state index contributed by atoms with van der Waals surface area (Å²) in [6.07, 6.45) is 3.83. The van der Waals surface area contributed by atoms with Crippen LogP contribution in [0.2, 0.25) is 0 Å². The molecule has 8 heteroatoms. The second kappa shape index (κ2) is 9.36. The van der Waals surface area contributed by atoms with E-state index in [1.54, 1.807) is 28.0 Å². The van der Waals surface area contributed by atoms with E-state index in [2.05, 4.69) is 24.1 Å². The summed E-state index contributed by atoms with van der Waals surface area (Å²) in [5.41, 5.74) is 0.644. The third-order valence-corrected chi connectivity index (χ3v) is 4.83. The van der Waals surface area contributed by atoms with Crippen molar-refractivity contribution in [2.24, 2.45) is 5.92 Å². The lowest BCUT2D eigenvalue weighted by Crippen LogP contribution is -2.50. The number of nitrogens with one attached hydrogen (secondary N) is 1. The van der Waals surface area contributed by atoms with E-state index < -0.39 is 0 Å². The number of furan rings is 1. The zero-order valence-corrected chi connectivity index (χ0v) is 16.8. The lowest BCUT2D eigenvalue weighted by atomic mass is 10.1. The molecular weight excluding hydrogens is 372 g/mol. The van der Waals surface area contributed by atoms with Crippen molar-refractivity contribution >= 4 is 17.7 Å². The summed E-state index contributed by atoms with van der Waals surface area (Å²) in [6.45, 7) is 6.42. The Hall–Kier alpha value is -3.16. The van der Waals surface area contributed by atoms with Gasteiger partial charge in [0.05, 0.1) is 6.26 Å². The van der Waals surface area contributed by atoms with Gasteiger partial charge in [-0.3, -0.25) is 19.4 Å². The Morgan fingerprint density at radius 2 is 1.79 bits per heavy atom. The molecule has 154 valence electrons. The van der Waals surface area contributed by atoms with Crippen LogP contribution in [0.5, 0.6) is 0 Å². The number of rotatable bonds is 6. The van der Waals surface area contributed by atoms with Gasteiger partial charge in [0, 0.05) is 44.5 Å². The summed E-state index contributed by atoms with van der Waals surface area (Å²) in [5, 5.41) is 2.86. The Bertz CT molecular complexity index is 855. The Morgan fingerprint density at radius 3 is 2.41 bits per heavy atom. The molecule has 1 N–H and O–H groups in total. The van der Waals surface area contributed by atoms with E-state index in [0.717, 1.165) is 6.42 Å². The van der Waals surface area contributed by atoms with Gasteiger partial charge in [0.2, 0.25) is 0 Å². The van der Waals surface area contributed by atoms with E-state index in [0.29, 0.717) is 50.0 Å². The number of hydrogen-bond acceptors (Lipinski definition) is 5. The van der Waals surface area contributed by atoms with Gasteiger partial charge in [-0.05, 0) is 36.6 Å². The first kappa shape index (κ1) is 20.6. The zero-order chi connectivity index (χ0) is 20.8. The third kappa shape index (κ3) is 5.22. The summed E-state index contributed by atoms with van der Waals surface area (Å²) in [7, 11) is 0. The predicted molar refractivity (Wildman–Crippen MR) is 107 cm³/mol. The van der Waals surface area contributed by atoms with Crippen LogP contribution in [0.3, 0.4) is 0 Å². The summed E-state index contributed by atoms with van der Waals surface area (Å²) < 4.78 is 5.15. The first-order valence-corrected chi connectivity index (χ1v) is 9.82. The van der Waals surface area contributed by atoms with Crippen molar-refractivity contribution < 1.29 is 18.8 Å². The second-order valence-electron chi connectivity index (χ2n) is 7.43. The maximum atomic E-state index is 12.8. The number of carbonyl (C=O) groups excluding carboxylic acids is 3. The second-order valence-corrected chi connectivity index (χ2v) is 7.43. The minimum atomic E-state index is -0.244. The molecule has 0 aliphatic carbocycles. The topological polar surface area (TPSA) is 95.8 Å². The summed E-state index contributed by atoms with van der Waals surface area (Å²) in [4.78, 5) is 44.9. The maximum absolute atomic E-state index is 12.8. The van der Waals surface area contributed by atoms with Gasteiger partial charge < -0.3 is 19.5 Å². The number of pyridine rings is 1. The molecule has 0 bridgehead atoms. The fraction of sp³-hybridized carbons (Fsp3) is 0.429. The lowest BCUT2D eigenvalue weighted by Gasteiger charge is -2.34. The Kier molecular flexibility index (Phi) is 6.64. The third-order valence-electron chi connectivity index (χ3n) is 4.83. The molecule has 2 aromatic rings. The van der Waals surface area contributed by atoms with Gasteiger partial charge in [0.1, 0.15) is 5.69 Å². The molecule has 1 aliphatic heterocycles. The van der Waals surface area contributed by atoms with Crippen LogP contribution in [0.15, 0.2) is 41.1 Å². The molecule has 8 nitrogen and oxygen atoms in total. The highest BCUT2D eigenvalue weighted by Gasteiger charge is 2.27. The summed E-state index contributed by atoms with van der Waals surface area (Å²) in [6, 6.07) is 6.42. The molecule has 1 saturated heterocycles. The van der Waals surface area contributed by atoms with Gasteiger partial charge in [-0.25, -0.2) is 0 Å². The monoisotopic (exact) mass is 398 g/mol. The Morgan fingerprint density at radius 1 is 1.10 bits per heavy atom. The van der Waals surface area contributed by atoms with Crippen molar-refractivity contribution in [1.82, 2.24) is 20.1 Å². The average molecular weight is 398 g/mol. The van der Waals surface area contributed by atoms with Crippen LogP contribution in [0, 0.1) is 5.92 Å². The fourth-order valence-corrected chi connectivity index (χ4v) is 3.10. The average Bonchev–Trinajstić information content (AvgIpc) is 3.27. The number of amides is 3. The number of nitrogens with zero attached hydrogens (tertiary/aromatic N) is 3. The highest BCUT2D eigenvalue weighted by molar-refractivity contribution is 5.98. The van der Waals surface area contributed by atoms with Crippen LogP contribution in [-0.2, 0) is 0 Å². The van der Waals surface area contributed by atoms with E-state index in [4.69, 9.17) is 4.42 Å². The quantitative estimate of drug-likeness (QED) is 0.803. The summed E-state index contributed by atoms with van der Waals surface area (Å²) in [5.74, 6) is 0.161. The normalized spacial score (nSPS) is 14.2. The van der Waals surface area contributed by atoms with Crippen LogP contribution < -0.4 is 5.32 Å². The molecule has 1 fully saturated rings. The van der Waals surface area contributed by atoms with E-state index in [1.165, 1.54) is 18.5 Å². The molecular formula is C21H26N4O4. The Balaban J connectivity index is 1.57. The number of aromatic nitrogens is 1. The van der Waals surface area contributed by atoms with E-state index in [1.807, 2.05) is 0 Å². The van der Waals surface area contributed by atoms with Gasteiger partial charge in [-0.2, -0.15) is 0 Å². The molecule has 0 saturated carbocycles. The van der Waals surface area contributed by atoms with Crippen LogP contribution in [0.1, 0.15) is 51.7 Å². The largest absolute Gasteiger partial charge is 0.459 e. The number of carbonyl (C=O) groups is 3. The molecule has 1 aliphatic rings. The number of hydrogen-bond donors (Lipinski definition) is 1. The molecule has 0 radical (unpaired) electrons. The molecule has 0 aromatic carbocycles. The van der Waals surface area contributed by atoms with Crippen molar-refractivity contribution in [2.45, 2.75) is 20.3 Å². The molecule has 3 rings (SSSR count). The van der Waals surface area contributed by atoms with Crippen molar-refractivity contribution in [3.63, 3.8) is 0 Å². The molecule has 0 spiro atoms. The van der Waals surface area contributed by atoms with Crippen molar-refractivity contribution in [2.75, 3.05) is 32.7 Å². The zero-order valence-electron chi connectivity index (χ0n) is 16.8. The first-order chi connectivity index (χ1) is 14.0. The predicted octanol–water partition coefficient (Wildman–Crippen LogP) is 2.05. The fourth-order valence-electron chi connectivity index (χ4n) is 3.10. The minimum Gasteiger partial charge on any atom is -0.459 e. The van der Waals surface area contributed by atoms with Crippen LogP contribution >= 0.6 is 0 Å². The SMILES string of the molecule is CC(C)CCNC(=O)c1ccnc(C(=O)N2CCN(C(=O)c3ccco3)CC2)c1. The molecule has 2 aromatic heterocycles. The maximum Gasteiger partial charge on any atom is 0.289 e. The van der Waals surface area contributed by atoms with Gasteiger partial charge in [0.25, 0.3) is 17.7 Å². The van der Waals surface area contributed by atoms with Crippen molar-refractivity contribution in [3.8, 4) is 0 Å². The molecule has 29 heavy (non-hydrogen) atoms. The van der Waals surface area contributed by atoms with E-state index in [9.17, 15) is 14.4 Å². The van der Waals surface area contributed by atoms with Crippen molar-refractivity contribution in [1.29, 1.82) is 0 Å². The van der Waals surface area contributed by atoms with Gasteiger partial charge in [-0.1, -0.05) is 13.8 Å². The standard InChI is InChI=1S/C21H26N4O4/c1-15(2)5-7-23-19(26)16-6-8-22-17(14-16)20(27)24-9-11-25(12-10-24)21(28)18-4-3-13-29-18/h3-4,6,8,13-15H,5,7,9-12H2,1-2H3,(H,23,26). The lowest BCUT2D eigenvalue weighted by molar-refractivity contribution is 0.0515. The molecule has 3 heterocycles. The highest BCUT2D eigenvalue weighted by Crippen LogP contribution is 2.12. The molecule has 0 unspecified atom stereocenters. The van der Waals surface area contributed by atoms with Crippen molar-refractivity contribution in [3.05, 3.63) is 53.7 Å². The van der Waals surface area contributed by atoms with Crippen LogP contribution in [0.4, 0.5) is 0 Å². The molecule has 3 amide bonds. The summed E-state index contributed by atoms with van der Waals surface area (Å²) >= 11 is 0. The molecule has 0 atom stereocenters. The van der Waals surface area contributed by atoms with Gasteiger partial charge in [0.15, 0.2) is 5.76 Å².